The van der Waals surface area contributed by atoms with Gasteiger partial charge in [0.15, 0.2) is 0 Å². The first kappa shape index (κ1) is 75.0. The van der Waals surface area contributed by atoms with Crippen LogP contribution in [-0.2, 0) is 28.8 Å². The summed E-state index contributed by atoms with van der Waals surface area (Å²) in [5.41, 5.74) is 0. The van der Waals surface area contributed by atoms with E-state index < -0.39 is 0 Å². The summed E-state index contributed by atoms with van der Waals surface area (Å²) in [6.45, 7) is 14.6. The summed E-state index contributed by atoms with van der Waals surface area (Å²) in [6, 6.07) is 1.57. The molecule has 0 radical (unpaired) electrons. The normalized spacial score (nSPS) is 30.9. The fourth-order valence-electron chi connectivity index (χ4n) is 11.1. The highest BCUT2D eigenvalue weighted by molar-refractivity contribution is 7.17. The number of carbonyl (C=O) groups is 6. The number of rotatable bonds is 9. The fraction of sp³-hybridized carbons (Fsp3) is 0.902. The molecule has 17 heteroatoms. The van der Waals surface area contributed by atoms with Gasteiger partial charge in [0.05, 0.1) is 0 Å². The quantitative estimate of drug-likeness (QED) is 0.125. The molecule has 17 atom stereocenters. The Bertz CT molecular complexity index is 1610. The zero-order valence-corrected chi connectivity index (χ0v) is 56.5. The van der Waals surface area contributed by atoms with Crippen LogP contribution < -0.4 is 31.9 Å². The van der Waals surface area contributed by atoms with Crippen molar-refractivity contribution in [3.63, 3.8) is 0 Å². The Labute approximate surface area is 490 Å². The smallest absolute Gasteiger partial charge is 0.223 e. The Morgan fingerprint density at radius 3 is 1.09 bits per heavy atom. The van der Waals surface area contributed by atoms with Crippen molar-refractivity contribution in [3.05, 3.63) is 0 Å². The minimum Gasteiger partial charge on any atom is -0.353 e. The van der Waals surface area contributed by atoms with Crippen LogP contribution in [0.1, 0.15) is 260 Å². The first-order valence-corrected chi connectivity index (χ1v) is 35.7. The molecule has 0 aliphatic carbocycles. The van der Waals surface area contributed by atoms with Gasteiger partial charge >= 0.3 is 0 Å². The molecule has 0 aromatic carbocycles. The van der Waals surface area contributed by atoms with E-state index in [1.807, 2.05) is 13.8 Å². The van der Waals surface area contributed by atoms with Crippen molar-refractivity contribution in [2.75, 3.05) is 18.5 Å². The highest BCUT2D eigenvalue weighted by Gasteiger charge is 2.26. The molecule has 6 saturated heterocycles. The van der Waals surface area contributed by atoms with E-state index in [0.29, 0.717) is 30.0 Å². The van der Waals surface area contributed by atoms with Gasteiger partial charge in [-0.1, -0.05) is 151 Å². The van der Waals surface area contributed by atoms with E-state index in [0.717, 1.165) is 134 Å². The maximum absolute atomic E-state index is 11.7. The molecule has 6 N–H and O–H groups in total. The van der Waals surface area contributed by atoms with Crippen molar-refractivity contribution >= 4 is 81.6 Å². The third-order valence-electron chi connectivity index (χ3n) is 16.6. The van der Waals surface area contributed by atoms with Crippen LogP contribution in [-0.4, -0.2) is 89.7 Å². The Hall–Kier alpha value is -1.03. The molecule has 17 unspecified atom stereocenters. The van der Waals surface area contributed by atoms with Gasteiger partial charge in [-0.2, -0.15) is 0 Å². The zero-order chi connectivity index (χ0) is 58.1. The van der Waals surface area contributed by atoms with Gasteiger partial charge in [-0.25, -0.2) is 0 Å². The molecule has 6 aliphatic heterocycles. The molecule has 0 spiro atoms. The second kappa shape index (κ2) is 47.3. The van der Waals surface area contributed by atoms with E-state index in [2.05, 4.69) is 113 Å². The SMILES string of the molecule is CC1CCCCCC(CP)NC1=O.CC1CCCCCCC(P)NC1=O.CCC1CCCCC(CP)NC1=O.CCC1CCCCCC(P)NC1=O.CCCC1CCCC(CP)NC1=O.CCCC1CCCCC(C)NC1=O. The van der Waals surface area contributed by atoms with Crippen LogP contribution in [0.4, 0.5) is 0 Å². The zero-order valence-electron chi connectivity index (χ0n) is 50.7. The maximum atomic E-state index is 11.7. The molecule has 6 amide bonds. The third kappa shape index (κ3) is 35.2. The van der Waals surface area contributed by atoms with Crippen molar-refractivity contribution in [2.24, 2.45) is 35.5 Å². The summed E-state index contributed by atoms with van der Waals surface area (Å²) >= 11 is 0. The first-order chi connectivity index (χ1) is 37.5. The molecule has 6 rings (SSSR count). The number of nitrogens with one attached hydrogen (secondary N) is 6. The van der Waals surface area contributed by atoms with Gasteiger partial charge in [0.25, 0.3) is 0 Å². The summed E-state index contributed by atoms with van der Waals surface area (Å²) in [4.78, 5) is 69.7. The Morgan fingerprint density at radius 1 is 0.333 bits per heavy atom. The average Bonchev–Trinajstić information content (AvgIpc) is 3.48. The van der Waals surface area contributed by atoms with Crippen molar-refractivity contribution in [2.45, 2.75) is 296 Å². The highest BCUT2D eigenvalue weighted by atomic mass is 31.0. The van der Waals surface area contributed by atoms with Crippen LogP contribution in [0.25, 0.3) is 0 Å². The Morgan fingerprint density at radius 2 is 0.628 bits per heavy atom. The van der Waals surface area contributed by atoms with E-state index in [9.17, 15) is 28.8 Å². The van der Waals surface area contributed by atoms with Crippen molar-refractivity contribution in [1.82, 2.24) is 31.9 Å². The molecule has 6 aliphatic rings. The lowest BCUT2D eigenvalue weighted by Gasteiger charge is -2.24. The molecule has 0 saturated carbocycles. The van der Waals surface area contributed by atoms with Crippen LogP contribution in [0.2, 0.25) is 0 Å². The van der Waals surface area contributed by atoms with E-state index >= 15 is 0 Å². The third-order valence-corrected chi connectivity index (χ3v) is 19.3. The lowest BCUT2D eigenvalue weighted by Crippen LogP contribution is -2.41. The Kier molecular flexibility index (Phi) is 45.5. The molecule has 78 heavy (non-hydrogen) atoms. The molecular formula is C61H121N6O6P5. The topological polar surface area (TPSA) is 175 Å². The Balaban J connectivity index is 0.000000468. The van der Waals surface area contributed by atoms with E-state index in [1.54, 1.807) is 0 Å². The lowest BCUT2D eigenvalue weighted by atomic mass is 9.92. The number of amides is 6. The summed E-state index contributed by atoms with van der Waals surface area (Å²) in [5, 5.41) is 18.5. The first-order valence-electron chi connectivity index (χ1n) is 31.9. The highest BCUT2D eigenvalue weighted by Crippen LogP contribution is 2.24. The molecular weight excluding hydrogens is 1070 g/mol. The summed E-state index contributed by atoms with van der Waals surface area (Å²) in [5.74, 6) is 3.63. The van der Waals surface area contributed by atoms with Gasteiger partial charge in [0.2, 0.25) is 35.4 Å². The summed E-state index contributed by atoms with van der Waals surface area (Å²) < 4.78 is 0. The minimum atomic E-state index is 0.196. The van der Waals surface area contributed by atoms with Gasteiger partial charge in [0.1, 0.15) is 0 Å². The lowest BCUT2D eigenvalue weighted by molar-refractivity contribution is -0.127. The maximum Gasteiger partial charge on any atom is 0.223 e. The second-order valence-electron chi connectivity index (χ2n) is 23.7. The summed E-state index contributed by atoms with van der Waals surface area (Å²) in [6.07, 6.45) is 41.1. The number of hydrogen-bond donors (Lipinski definition) is 6. The van der Waals surface area contributed by atoms with Crippen LogP contribution in [0.3, 0.4) is 0 Å². The molecule has 0 aromatic heterocycles. The van der Waals surface area contributed by atoms with Crippen molar-refractivity contribution < 1.29 is 28.8 Å². The van der Waals surface area contributed by atoms with Crippen molar-refractivity contribution in [1.29, 1.82) is 0 Å². The van der Waals surface area contributed by atoms with Gasteiger partial charge < -0.3 is 31.9 Å². The molecule has 6 fully saturated rings. The van der Waals surface area contributed by atoms with Crippen LogP contribution in [0, 0.1) is 35.5 Å². The molecule has 0 bridgehead atoms. The van der Waals surface area contributed by atoms with E-state index in [4.69, 9.17) is 0 Å². The van der Waals surface area contributed by atoms with Crippen LogP contribution >= 0.6 is 46.2 Å². The molecule has 6 heterocycles. The molecule has 456 valence electrons. The van der Waals surface area contributed by atoms with Gasteiger partial charge in [0, 0.05) is 71.2 Å². The number of hydrogen-bond acceptors (Lipinski definition) is 6. The predicted molar refractivity (Wildman–Crippen MR) is 348 cm³/mol. The molecule has 0 aromatic rings. The average molecular weight is 1190 g/mol. The second-order valence-corrected chi connectivity index (χ2v) is 26.7. The van der Waals surface area contributed by atoms with Crippen molar-refractivity contribution in [3.8, 4) is 0 Å². The standard InChI is InChI=1S/C11H21NO.5C10H20NOP/c1-3-6-10-8-5-4-7-9(2)12-11(10)13;1-8-5-3-2-4-6-9(7-13)11-10(8)12;1-8-6-4-2-3-5-7-9(13)11-10(8)12;1-2-8-5-3-4-6-9(7-13)11-10(8)12;1-2-8-6-4-3-5-7-9(13)11-10(8)12;1-2-4-8-5-3-6-9(7-13)11-10(8)12/h9-10H,3-8H2,1-2H3,(H,12,13);5*8-9H,2-7,13H2,1H3,(H,11,12). The van der Waals surface area contributed by atoms with E-state index in [-0.39, 0.29) is 76.7 Å². The van der Waals surface area contributed by atoms with Crippen LogP contribution in [0.5, 0.6) is 0 Å². The monoisotopic (exact) mass is 1190 g/mol. The molecule has 12 nitrogen and oxygen atoms in total. The fourth-order valence-corrected chi connectivity index (χ4v) is 13.0. The van der Waals surface area contributed by atoms with Gasteiger partial charge in [-0.3, -0.25) is 28.8 Å². The van der Waals surface area contributed by atoms with Gasteiger partial charge in [-0.15, -0.1) is 46.2 Å². The van der Waals surface area contributed by atoms with E-state index in [1.165, 1.54) is 96.3 Å². The minimum absolute atomic E-state index is 0.196. The van der Waals surface area contributed by atoms with Crippen LogP contribution in [0.15, 0.2) is 0 Å². The predicted octanol–water partition coefficient (Wildman–Crippen LogP) is 12.9. The number of carbonyl (C=O) groups excluding carboxylic acids is 6. The summed E-state index contributed by atoms with van der Waals surface area (Å²) in [7, 11) is 13.6. The largest absolute Gasteiger partial charge is 0.353 e. The van der Waals surface area contributed by atoms with Gasteiger partial charge in [-0.05, 0) is 128 Å².